The summed E-state index contributed by atoms with van der Waals surface area (Å²) in [5.41, 5.74) is 7.75. The van der Waals surface area contributed by atoms with Crippen LogP contribution in [0, 0.1) is 11.8 Å². The van der Waals surface area contributed by atoms with E-state index in [-0.39, 0.29) is 17.3 Å². The average Bonchev–Trinajstić information content (AvgIpc) is 3.34. The molecule has 1 saturated heterocycles. The maximum absolute atomic E-state index is 13.0. The molecular formula is C30H33N5O6. The summed E-state index contributed by atoms with van der Waals surface area (Å²) < 4.78 is 23.3. The lowest BCUT2D eigenvalue weighted by Crippen LogP contribution is -2.52. The summed E-state index contributed by atoms with van der Waals surface area (Å²) in [5, 5.41) is 29.0. The zero-order chi connectivity index (χ0) is 28.8. The van der Waals surface area contributed by atoms with Crippen molar-refractivity contribution in [1.29, 1.82) is 0 Å². The van der Waals surface area contributed by atoms with Gasteiger partial charge in [-0.1, -0.05) is 59.7 Å². The number of benzene rings is 2. The number of aromatic nitrogens is 1. The summed E-state index contributed by atoms with van der Waals surface area (Å²) in [4.78, 5) is 9.62. The van der Waals surface area contributed by atoms with Gasteiger partial charge in [0.15, 0.2) is 11.2 Å². The Morgan fingerprint density at radius 2 is 1.83 bits per heavy atom. The maximum Gasteiger partial charge on any atom is 0.226 e. The number of methoxy groups -OCH3 is 3. The van der Waals surface area contributed by atoms with Crippen LogP contribution in [0.1, 0.15) is 22.6 Å². The molecule has 0 spiro atoms. The van der Waals surface area contributed by atoms with Gasteiger partial charge in [0.05, 0.1) is 32.5 Å². The number of aliphatic hydroxyl groups is 2. The van der Waals surface area contributed by atoms with Crippen LogP contribution < -0.4 is 14.2 Å². The second kappa shape index (κ2) is 10.5. The SMILES string of the molecule is COCC1CN(C[C@H]2[C@@H](O)[C@@]3(O)c4c(cc(OC)nc4OC)O[C@@]3(c3ccc(N=[N+]=[N-])cc3)[C@@H]2c2ccccc2)C1. The van der Waals surface area contributed by atoms with Crippen LogP contribution in [0.3, 0.4) is 0 Å². The van der Waals surface area contributed by atoms with Crippen LogP contribution in [-0.2, 0) is 15.9 Å². The van der Waals surface area contributed by atoms with Crippen molar-refractivity contribution >= 4 is 5.69 Å². The van der Waals surface area contributed by atoms with Crippen molar-refractivity contribution in [3.63, 3.8) is 0 Å². The van der Waals surface area contributed by atoms with E-state index >= 15 is 0 Å². The number of rotatable bonds is 9. The van der Waals surface area contributed by atoms with Crippen molar-refractivity contribution in [2.75, 3.05) is 47.6 Å². The first-order valence-electron chi connectivity index (χ1n) is 13.6. The van der Waals surface area contributed by atoms with Crippen LogP contribution in [-0.4, -0.2) is 73.8 Å². The molecule has 2 aromatic carbocycles. The molecule has 214 valence electrons. The molecule has 2 N–H and O–H groups in total. The molecule has 0 radical (unpaired) electrons. The minimum Gasteiger partial charge on any atom is -0.481 e. The number of hydrogen-bond acceptors (Lipinski definition) is 9. The van der Waals surface area contributed by atoms with Gasteiger partial charge in [-0.15, -0.1) is 0 Å². The summed E-state index contributed by atoms with van der Waals surface area (Å²) in [6, 6.07) is 18.3. The third-order valence-electron chi connectivity index (χ3n) is 8.77. The number of nitrogens with zero attached hydrogens (tertiary/aromatic N) is 5. The molecule has 6 rings (SSSR count). The Morgan fingerprint density at radius 1 is 1.10 bits per heavy atom. The zero-order valence-electron chi connectivity index (χ0n) is 23.2. The molecule has 0 amide bonds. The van der Waals surface area contributed by atoms with Crippen molar-refractivity contribution in [3.05, 3.63) is 87.8 Å². The van der Waals surface area contributed by atoms with Gasteiger partial charge < -0.3 is 34.1 Å². The van der Waals surface area contributed by atoms with E-state index in [9.17, 15) is 10.2 Å². The van der Waals surface area contributed by atoms with E-state index in [2.05, 4.69) is 19.9 Å². The number of fused-ring (bicyclic) bond motifs is 3. The maximum atomic E-state index is 13.0. The zero-order valence-corrected chi connectivity index (χ0v) is 23.2. The van der Waals surface area contributed by atoms with Gasteiger partial charge in [0.2, 0.25) is 11.8 Å². The number of aliphatic hydroxyl groups excluding tert-OH is 1. The Labute approximate surface area is 237 Å². The Hall–Kier alpha value is -3.86. The number of ether oxygens (including phenoxy) is 4. The fourth-order valence-electron chi connectivity index (χ4n) is 7.16. The lowest BCUT2D eigenvalue weighted by atomic mass is 9.70. The number of azide groups is 1. The van der Waals surface area contributed by atoms with E-state index in [0.717, 1.165) is 18.7 Å². The van der Waals surface area contributed by atoms with E-state index in [1.807, 2.05) is 30.3 Å². The summed E-state index contributed by atoms with van der Waals surface area (Å²) in [6.07, 6.45) is -1.25. The molecule has 41 heavy (non-hydrogen) atoms. The highest BCUT2D eigenvalue weighted by molar-refractivity contribution is 5.60. The van der Waals surface area contributed by atoms with Gasteiger partial charge in [-0.3, -0.25) is 0 Å². The van der Waals surface area contributed by atoms with Gasteiger partial charge in [-0.2, -0.15) is 4.98 Å². The largest absolute Gasteiger partial charge is 0.481 e. The monoisotopic (exact) mass is 559 g/mol. The number of hydrogen-bond donors (Lipinski definition) is 2. The molecule has 3 heterocycles. The molecule has 11 nitrogen and oxygen atoms in total. The molecule has 2 aliphatic heterocycles. The third-order valence-corrected chi connectivity index (χ3v) is 8.77. The van der Waals surface area contributed by atoms with E-state index < -0.39 is 29.1 Å². The summed E-state index contributed by atoms with van der Waals surface area (Å²) >= 11 is 0. The molecule has 5 atom stereocenters. The normalized spacial score (nSPS) is 28.7. The first-order valence-corrected chi connectivity index (χ1v) is 13.6. The van der Waals surface area contributed by atoms with Crippen LogP contribution in [0.2, 0.25) is 0 Å². The molecule has 3 aliphatic rings. The smallest absolute Gasteiger partial charge is 0.226 e. The van der Waals surface area contributed by atoms with Gasteiger partial charge in [-0.25, -0.2) is 0 Å². The van der Waals surface area contributed by atoms with Crippen LogP contribution in [0.4, 0.5) is 5.69 Å². The number of pyridine rings is 1. The number of likely N-dealkylation sites (tertiary alicyclic amines) is 1. The topological polar surface area (TPSA) is 142 Å². The molecule has 1 saturated carbocycles. The molecule has 11 heteroatoms. The Bertz CT molecular complexity index is 1460. The van der Waals surface area contributed by atoms with Crippen LogP contribution in [0.15, 0.2) is 65.8 Å². The molecule has 3 aromatic rings. The minimum absolute atomic E-state index is 0.116. The lowest BCUT2D eigenvalue weighted by molar-refractivity contribution is -0.153. The highest BCUT2D eigenvalue weighted by Gasteiger charge is 2.77. The van der Waals surface area contributed by atoms with E-state index in [4.69, 9.17) is 24.5 Å². The summed E-state index contributed by atoms with van der Waals surface area (Å²) in [6.45, 7) is 2.89. The minimum atomic E-state index is -1.95. The Kier molecular flexibility index (Phi) is 7.01. The summed E-state index contributed by atoms with van der Waals surface area (Å²) in [7, 11) is 4.65. The van der Waals surface area contributed by atoms with Gasteiger partial charge in [0, 0.05) is 61.2 Å². The molecule has 1 aliphatic carbocycles. The van der Waals surface area contributed by atoms with Gasteiger partial charge in [-0.05, 0) is 16.7 Å². The molecular weight excluding hydrogens is 526 g/mol. The fraction of sp³-hybridized carbons (Fsp3) is 0.433. The molecule has 2 fully saturated rings. The highest BCUT2D eigenvalue weighted by atomic mass is 16.5. The van der Waals surface area contributed by atoms with Crippen LogP contribution >= 0.6 is 0 Å². The Morgan fingerprint density at radius 3 is 2.46 bits per heavy atom. The lowest BCUT2D eigenvalue weighted by Gasteiger charge is -2.43. The van der Waals surface area contributed by atoms with Crippen molar-refractivity contribution in [2.45, 2.75) is 23.2 Å². The van der Waals surface area contributed by atoms with E-state index in [1.54, 1.807) is 37.4 Å². The van der Waals surface area contributed by atoms with Gasteiger partial charge in [0.1, 0.15) is 5.75 Å². The van der Waals surface area contributed by atoms with Crippen LogP contribution in [0.25, 0.3) is 10.4 Å². The molecule has 1 aromatic heterocycles. The second-order valence-electron chi connectivity index (χ2n) is 10.9. The highest BCUT2D eigenvalue weighted by Crippen LogP contribution is 2.70. The van der Waals surface area contributed by atoms with Gasteiger partial charge >= 0.3 is 0 Å². The average molecular weight is 560 g/mol. The van der Waals surface area contributed by atoms with Crippen molar-refractivity contribution in [2.24, 2.45) is 17.0 Å². The fourth-order valence-corrected chi connectivity index (χ4v) is 7.16. The standard InChI is InChI=1S/C30H33N5O6/c1-38-17-18-14-35(15-18)16-22-25(19-7-5-4-6-8-19)30(20-9-11-21(12-10-20)33-34-31)29(37,27(22)36)26-23(41-30)13-24(39-2)32-28(26)40-3/h4-13,18,22,25,27,36-37H,14-17H2,1-3H3/t22-,25-,27-,29+,30+/m1/s1. The summed E-state index contributed by atoms with van der Waals surface area (Å²) in [5.74, 6) is 0.196. The Balaban J connectivity index is 1.57. The second-order valence-corrected chi connectivity index (χ2v) is 10.9. The van der Waals surface area contributed by atoms with Crippen molar-refractivity contribution in [3.8, 4) is 17.5 Å². The predicted molar refractivity (Wildman–Crippen MR) is 149 cm³/mol. The molecule has 0 unspecified atom stereocenters. The van der Waals surface area contributed by atoms with Crippen molar-refractivity contribution < 1.29 is 29.2 Å². The van der Waals surface area contributed by atoms with Gasteiger partial charge in [0.25, 0.3) is 0 Å². The van der Waals surface area contributed by atoms with E-state index in [0.29, 0.717) is 36.1 Å². The molecule has 0 bridgehead atoms. The first kappa shape index (κ1) is 27.3. The third kappa shape index (κ3) is 4.04. The predicted octanol–water partition coefficient (Wildman–Crippen LogP) is 3.87. The van der Waals surface area contributed by atoms with Crippen LogP contribution in [0.5, 0.6) is 17.5 Å². The first-order chi connectivity index (χ1) is 19.9. The van der Waals surface area contributed by atoms with E-state index in [1.165, 1.54) is 14.2 Å². The quantitative estimate of drug-likeness (QED) is 0.229. The van der Waals surface area contributed by atoms with Crippen molar-refractivity contribution in [1.82, 2.24) is 9.88 Å².